The average molecular weight is 586 g/mol. The van der Waals surface area contributed by atoms with Gasteiger partial charge in [0.2, 0.25) is 0 Å². The van der Waals surface area contributed by atoms with Crippen LogP contribution in [-0.4, -0.2) is 68.9 Å². The predicted molar refractivity (Wildman–Crippen MR) is 159 cm³/mol. The number of hydrogen-bond acceptors (Lipinski definition) is 6. The van der Waals surface area contributed by atoms with Crippen LogP contribution >= 0.6 is 0 Å². The Morgan fingerprint density at radius 1 is 0.977 bits per heavy atom. The summed E-state index contributed by atoms with van der Waals surface area (Å²) in [5.41, 5.74) is 3.86. The van der Waals surface area contributed by atoms with Crippen LogP contribution in [0.5, 0.6) is 0 Å². The van der Waals surface area contributed by atoms with Crippen molar-refractivity contribution in [2.75, 3.05) is 38.5 Å². The van der Waals surface area contributed by atoms with Gasteiger partial charge in [-0.3, -0.25) is 14.7 Å². The van der Waals surface area contributed by atoms with E-state index in [2.05, 4.69) is 25.2 Å². The Morgan fingerprint density at radius 3 is 2.53 bits per heavy atom. The molecule has 0 aliphatic carbocycles. The van der Waals surface area contributed by atoms with E-state index in [1.165, 1.54) is 12.1 Å². The number of rotatable bonds is 7. The fourth-order valence-corrected chi connectivity index (χ4v) is 5.29. The first-order valence-corrected chi connectivity index (χ1v) is 14.0. The Bertz CT molecular complexity index is 1750. The Kier molecular flexibility index (Phi) is 7.92. The molecule has 0 saturated carbocycles. The van der Waals surface area contributed by atoms with Crippen molar-refractivity contribution in [2.24, 2.45) is 0 Å². The minimum absolute atomic E-state index is 0.0933. The van der Waals surface area contributed by atoms with Crippen molar-refractivity contribution < 1.29 is 18.0 Å². The Balaban J connectivity index is 1.21. The van der Waals surface area contributed by atoms with Gasteiger partial charge < -0.3 is 15.2 Å². The van der Waals surface area contributed by atoms with Crippen LogP contribution in [0.3, 0.4) is 0 Å². The highest BCUT2D eigenvalue weighted by molar-refractivity contribution is 6.04. The maximum atomic E-state index is 14.0. The molecule has 5 aromatic rings. The third-order valence-electron chi connectivity index (χ3n) is 7.64. The summed E-state index contributed by atoms with van der Waals surface area (Å²) in [6.07, 6.45) is 1.03. The van der Waals surface area contributed by atoms with E-state index < -0.39 is 17.6 Å². The fourth-order valence-electron chi connectivity index (χ4n) is 5.29. The van der Waals surface area contributed by atoms with Gasteiger partial charge in [0, 0.05) is 74.5 Å². The molecule has 8 nitrogen and oxygen atoms in total. The van der Waals surface area contributed by atoms with Crippen LogP contribution < -0.4 is 5.32 Å². The number of carbonyl (C=O) groups is 1. The smallest absolute Gasteiger partial charge is 0.358 e. The topological polar surface area (TPSA) is 90.0 Å². The number of aromatic amines is 1. The van der Waals surface area contributed by atoms with Crippen molar-refractivity contribution in [3.05, 3.63) is 107 Å². The highest BCUT2D eigenvalue weighted by atomic mass is 19.4. The molecule has 1 aliphatic heterocycles. The zero-order valence-corrected chi connectivity index (χ0v) is 23.5. The number of fused-ring (bicyclic) bond motifs is 1. The van der Waals surface area contributed by atoms with Crippen molar-refractivity contribution in [3.63, 3.8) is 0 Å². The molecule has 11 heteroatoms. The summed E-state index contributed by atoms with van der Waals surface area (Å²) in [7, 11) is 2.00. The van der Waals surface area contributed by atoms with Gasteiger partial charge in [-0.15, -0.1) is 0 Å². The van der Waals surface area contributed by atoms with E-state index in [4.69, 9.17) is 4.98 Å². The molecule has 220 valence electrons. The molecule has 3 aromatic heterocycles. The van der Waals surface area contributed by atoms with Gasteiger partial charge in [-0.05, 0) is 60.6 Å². The number of alkyl halides is 3. The molecule has 1 amide bonds. The van der Waals surface area contributed by atoms with Gasteiger partial charge in [0.05, 0.1) is 22.3 Å². The predicted octanol–water partition coefficient (Wildman–Crippen LogP) is 5.63. The monoisotopic (exact) mass is 585 g/mol. The summed E-state index contributed by atoms with van der Waals surface area (Å²) in [6.45, 7) is 3.25. The number of carbonyl (C=O) groups excluding carboxylic acids is 1. The number of amides is 1. The first-order valence-electron chi connectivity index (χ1n) is 14.0. The highest BCUT2D eigenvalue weighted by Crippen LogP contribution is 2.35. The first-order chi connectivity index (χ1) is 20.7. The van der Waals surface area contributed by atoms with Crippen LogP contribution in [0.4, 0.5) is 18.9 Å². The average Bonchev–Trinajstić information content (AvgIpc) is 3.48. The summed E-state index contributed by atoms with van der Waals surface area (Å²) < 4.78 is 42.1. The number of nitrogens with one attached hydrogen (secondary N) is 2. The molecule has 0 unspecified atom stereocenters. The molecule has 2 N–H and O–H groups in total. The van der Waals surface area contributed by atoms with E-state index in [9.17, 15) is 18.0 Å². The van der Waals surface area contributed by atoms with Crippen molar-refractivity contribution in [2.45, 2.75) is 19.1 Å². The maximum absolute atomic E-state index is 14.0. The lowest BCUT2D eigenvalue weighted by molar-refractivity contribution is -0.138. The second kappa shape index (κ2) is 11.9. The van der Waals surface area contributed by atoms with E-state index in [0.29, 0.717) is 30.9 Å². The highest BCUT2D eigenvalue weighted by Gasteiger charge is 2.34. The summed E-state index contributed by atoms with van der Waals surface area (Å²) in [5.74, 6) is 0.0712. The number of piperazine rings is 1. The molecule has 4 heterocycles. The van der Waals surface area contributed by atoms with Crippen LogP contribution in [0.2, 0.25) is 0 Å². The lowest BCUT2D eigenvalue weighted by Crippen LogP contribution is -2.44. The molecule has 6 rings (SSSR count). The van der Waals surface area contributed by atoms with Crippen LogP contribution in [0.1, 0.15) is 32.7 Å². The van der Waals surface area contributed by atoms with Gasteiger partial charge in [0.25, 0.3) is 5.91 Å². The molecule has 0 bridgehead atoms. The van der Waals surface area contributed by atoms with E-state index in [1.807, 2.05) is 36.2 Å². The van der Waals surface area contributed by atoms with Gasteiger partial charge in [0.15, 0.2) is 5.82 Å². The molecule has 43 heavy (non-hydrogen) atoms. The SMILES string of the molecule is CN1CCN(Cc2ccc(NC(=O)c3cccc(Cc4nc(-c5ccncc5)nc5cc[nH]c45)c3)cc2C(F)(F)F)CC1. The Labute approximate surface area is 246 Å². The van der Waals surface area contributed by atoms with E-state index in [1.54, 1.807) is 36.8 Å². The molecule has 1 fully saturated rings. The summed E-state index contributed by atoms with van der Waals surface area (Å²) >= 11 is 0. The van der Waals surface area contributed by atoms with Crippen molar-refractivity contribution >= 4 is 22.6 Å². The van der Waals surface area contributed by atoms with Crippen LogP contribution in [0, 0.1) is 0 Å². The quantitative estimate of drug-likeness (QED) is 0.257. The fraction of sp³-hybridized carbons (Fsp3) is 0.250. The molecule has 1 saturated heterocycles. The standard InChI is InChI=1S/C32H30F3N7O/c1-41-13-15-42(16-14-41)20-24-5-6-25(19-26(24)32(33,34)35)38-31(43)23-4-2-3-21(17-23)18-28-29-27(9-12-37-29)39-30(40-28)22-7-10-36-11-8-22/h2-12,17,19,37H,13-16,18,20H2,1H3,(H,38,43). The summed E-state index contributed by atoms with van der Waals surface area (Å²) in [4.78, 5) is 34.0. The van der Waals surface area contributed by atoms with Crippen molar-refractivity contribution in [1.82, 2.24) is 29.7 Å². The van der Waals surface area contributed by atoms with Crippen molar-refractivity contribution in [3.8, 4) is 11.4 Å². The molecule has 2 aromatic carbocycles. The molecule has 1 aliphatic rings. The number of pyridine rings is 1. The third-order valence-corrected chi connectivity index (χ3v) is 7.64. The summed E-state index contributed by atoms with van der Waals surface area (Å²) in [6, 6.07) is 16.6. The van der Waals surface area contributed by atoms with Gasteiger partial charge >= 0.3 is 6.18 Å². The van der Waals surface area contributed by atoms with Crippen LogP contribution in [0.25, 0.3) is 22.4 Å². The maximum Gasteiger partial charge on any atom is 0.416 e. The van der Waals surface area contributed by atoms with Gasteiger partial charge in [-0.1, -0.05) is 18.2 Å². The minimum Gasteiger partial charge on any atom is -0.358 e. The first kappa shape index (κ1) is 28.5. The molecular formula is C32H30F3N7O. The lowest BCUT2D eigenvalue weighted by atomic mass is 10.0. The Hall–Kier alpha value is -4.61. The van der Waals surface area contributed by atoms with Crippen LogP contribution in [-0.2, 0) is 19.1 Å². The number of benzene rings is 2. The van der Waals surface area contributed by atoms with E-state index in [-0.39, 0.29) is 17.8 Å². The van der Waals surface area contributed by atoms with Gasteiger partial charge in [-0.2, -0.15) is 13.2 Å². The van der Waals surface area contributed by atoms with Crippen LogP contribution in [0.15, 0.2) is 79.3 Å². The van der Waals surface area contributed by atoms with E-state index >= 15 is 0 Å². The number of nitrogens with zero attached hydrogens (tertiary/aromatic N) is 5. The van der Waals surface area contributed by atoms with E-state index in [0.717, 1.165) is 47.0 Å². The Morgan fingerprint density at radius 2 is 1.77 bits per heavy atom. The van der Waals surface area contributed by atoms with Gasteiger partial charge in [-0.25, -0.2) is 9.97 Å². The van der Waals surface area contributed by atoms with Crippen molar-refractivity contribution in [1.29, 1.82) is 0 Å². The second-order valence-corrected chi connectivity index (χ2v) is 10.7. The molecular weight excluding hydrogens is 555 g/mol. The minimum atomic E-state index is -4.54. The van der Waals surface area contributed by atoms with Gasteiger partial charge in [0.1, 0.15) is 0 Å². The molecule has 0 spiro atoms. The summed E-state index contributed by atoms with van der Waals surface area (Å²) in [5, 5.41) is 2.66. The third kappa shape index (κ3) is 6.58. The lowest BCUT2D eigenvalue weighted by Gasteiger charge is -2.33. The number of anilines is 1. The molecule has 0 radical (unpaired) electrons. The second-order valence-electron chi connectivity index (χ2n) is 10.7. The number of hydrogen-bond donors (Lipinski definition) is 2. The normalized spacial score (nSPS) is 14.7. The largest absolute Gasteiger partial charge is 0.416 e. The number of aromatic nitrogens is 4. The zero-order chi connectivity index (χ0) is 30.0. The number of likely N-dealkylation sites (N-methyl/N-ethyl adjacent to an activating group) is 1. The number of halogens is 3. The zero-order valence-electron chi connectivity index (χ0n) is 23.5. The molecule has 0 atom stereocenters. The number of H-pyrrole nitrogens is 1.